The van der Waals surface area contributed by atoms with E-state index in [-0.39, 0.29) is 11.8 Å². The molecule has 4 nitrogen and oxygen atoms in total. The van der Waals surface area contributed by atoms with Crippen molar-refractivity contribution in [2.75, 3.05) is 19.5 Å². The van der Waals surface area contributed by atoms with E-state index < -0.39 is 0 Å². The third kappa shape index (κ3) is 2.47. The lowest BCUT2D eigenvalue weighted by molar-refractivity contribution is -0.116. The zero-order valence-corrected chi connectivity index (χ0v) is 13.2. The third-order valence-electron chi connectivity index (χ3n) is 3.56. The Balaban J connectivity index is 2.15. The number of anilines is 1. The second-order valence-corrected chi connectivity index (χ2v) is 6.09. The molecule has 0 saturated heterocycles. The number of hydrogen-bond donors (Lipinski definition) is 1. The summed E-state index contributed by atoms with van der Waals surface area (Å²) in [6, 6.07) is 5.56. The molecular weight excluding hydrogens is 310 g/mol. The second kappa shape index (κ2) is 5.58. The third-order valence-corrected chi connectivity index (χ3v) is 5.03. The van der Waals surface area contributed by atoms with Gasteiger partial charge >= 0.3 is 0 Å². The van der Waals surface area contributed by atoms with Crippen molar-refractivity contribution < 1.29 is 14.3 Å². The lowest BCUT2D eigenvalue weighted by Gasteiger charge is -2.26. The van der Waals surface area contributed by atoms with Crippen molar-refractivity contribution in [2.45, 2.75) is 12.3 Å². The Morgan fingerprint density at radius 2 is 2.00 bits per heavy atom. The van der Waals surface area contributed by atoms with Crippen LogP contribution in [-0.4, -0.2) is 20.1 Å². The van der Waals surface area contributed by atoms with E-state index >= 15 is 0 Å². The number of benzene rings is 1. The summed E-state index contributed by atoms with van der Waals surface area (Å²) in [7, 11) is 3.17. The van der Waals surface area contributed by atoms with Gasteiger partial charge in [0.05, 0.1) is 19.2 Å². The normalized spacial score (nSPS) is 17.1. The van der Waals surface area contributed by atoms with Gasteiger partial charge in [-0.15, -0.1) is 11.3 Å². The second-order valence-electron chi connectivity index (χ2n) is 4.73. The molecular formula is C15H14ClNO3S. The molecule has 21 heavy (non-hydrogen) atoms. The molecule has 0 spiro atoms. The maximum Gasteiger partial charge on any atom is 0.225 e. The fourth-order valence-corrected chi connectivity index (χ4v) is 3.88. The molecule has 1 aliphatic rings. The van der Waals surface area contributed by atoms with Gasteiger partial charge in [-0.25, -0.2) is 0 Å². The molecule has 1 atom stereocenters. The van der Waals surface area contributed by atoms with Crippen LogP contribution < -0.4 is 14.8 Å². The highest BCUT2D eigenvalue weighted by Gasteiger charge is 2.30. The minimum atomic E-state index is -0.0546. The summed E-state index contributed by atoms with van der Waals surface area (Å²) >= 11 is 7.80. The van der Waals surface area contributed by atoms with Gasteiger partial charge in [-0.05, 0) is 23.1 Å². The zero-order chi connectivity index (χ0) is 15.0. The lowest BCUT2D eigenvalue weighted by Crippen LogP contribution is -2.23. The molecule has 1 aromatic heterocycles. The molecule has 110 valence electrons. The van der Waals surface area contributed by atoms with Gasteiger partial charge in [0.2, 0.25) is 5.91 Å². The van der Waals surface area contributed by atoms with Crippen molar-refractivity contribution in [3.63, 3.8) is 0 Å². The highest BCUT2D eigenvalue weighted by atomic mass is 35.5. The predicted molar refractivity (Wildman–Crippen MR) is 84.0 cm³/mol. The quantitative estimate of drug-likeness (QED) is 0.932. The fraction of sp³-hybridized carbons (Fsp3) is 0.267. The number of nitrogens with one attached hydrogen (secondary N) is 1. The van der Waals surface area contributed by atoms with Crippen LogP contribution in [0.1, 0.15) is 22.8 Å². The van der Waals surface area contributed by atoms with Crippen molar-refractivity contribution in [1.29, 1.82) is 0 Å². The van der Waals surface area contributed by atoms with Gasteiger partial charge in [-0.3, -0.25) is 4.79 Å². The molecule has 0 radical (unpaired) electrons. The monoisotopic (exact) mass is 323 g/mol. The van der Waals surface area contributed by atoms with E-state index in [1.54, 1.807) is 31.6 Å². The molecule has 1 aliphatic heterocycles. The van der Waals surface area contributed by atoms with Gasteiger partial charge in [0.25, 0.3) is 0 Å². The topological polar surface area (TPSA) is 47.6 Å². The van der Waals surface area contributed by atoms with Gasteiger partial charge in [0, 0.05) is 29.0 Å². The molecule has 1 unspecified atom stereocenters. The minimum Gasteiger partial charge on any atom is -0.493 e. The zero-order valence-electron chi connectivity index (χ0n) is 11.6. The Bertz CT molecular complexity index is 698. The van der Waals surface area contributed by atoms with E-state index in [1.807, 2.05) is 17.5 Å². The summed E-state index contributed by atoms with van der Waals surface area (Å²) < 4.78 is 10.6. The number of fused-ring (bicyclic) bond motifs is 1. The largest absolute Gasteiger partial charge is 0.493 e. The van der Waals surface area contributed by atoms with Crippen LogP contribution in [0.2, 0.25) is 5.02 Å². The van der Waals surface area contributed by atoms with E-state index in [2.05, 4.69) is 5.32 Å². The number of halogens is 1. The first-order valence-electron chi connectivity index (χ1n) is 6.42. The van der Waals surface area contributed by atoms with Crippen LogP contribution in [0.15, 0.2) is 23.6 Å². The standard InChI is InChI=1S/C15H14ClNO3S/c1-19-12-5-8-9(15-10(16)3-4-21-15)6-14(18)17-11(8)7-13(12)20-2/h3-5,7,9H,6H2,1-2H3,(H,17,18). The Labute approximate surface area is 131 Å². The number of carbonyl (C=O) groups excluding carboxylic acids is 1. The Morgan fingerprint density at radius 1 is 1.29 bits per heavy atom. The van der Waals surface area contributed by atoms with E-state index in [4.69, 9.17) is 21.1 Å². The fourth-order valence-electron chi connectivity index (χ4n) is 2.58. The van der Waals surface area contributed by atoms with Crippen molar-refractivity contribution in [3.8, 4) is 11.5 Å². The van der Waals surface area contributed by atoms with Crippen LogP contribution in [0.5, 0.6) is 11.5 Å². The van der Waals surface area contributed by atoms with Crippen LogP contribution in [0.25, 0.3) is 0 Å². The number of methoxy groups -OCH3 is 2. The molecule has 3 rings (SSSR count). The average Bonchev–Trinajstić information content (AvgIpc) is 2.91. The van der Waals surface area contributed by atoms with Crippen molar-refractivity contribution in [1.82, 2.24) is 0 Å². The number of carbonyl (C=O) groups is 1. The summed E-state index contributed by atoms with van der Waals surface area (Å²) in [6.07, 6.45) is 0.378. The minimum absolute atomic E-state index is 0.0239. The Kier molecular flexibility index (Phi) is 3.78. The first-order valence-corrected chi connectivity index (χ1v) is 7.68. The highest BCUT2D eigenvalue weighted by Crippen LogP contribution is 2.45. The predicted octanol–water partition coefficient (Wildman–Crippen LogP) is 3.89. The molecule has 0 saturated carbocycles. The average molecular weight is 324 g/mol. The molecule has 2 aromatic rings. The first-order chi connectivity index (χ1) is 10.1. The van der Waals surface area contributed by atoms with Gasteiger partial charge < -0.3 is 14.8 Å². The molecule has 0 aliphatic carbocycles. The van der Waals surface area contributed by atoms with Crippen LogP contribution in [0, 0.1) is 0 Å². The summed E-state index contributed by atoms with van der Waals surface area (Å²) in [5.74, 6) is 1.16. The van der Waals surface area contributed by atoms with Crippen LogP contribution >= 0.6 is 22.9 Å². The SMILES string of the molecule is COc1cc2c(cc1OC)C(c1sccc1Cl)CC(=O)N2. The van der Waals surface area contributed by atoms with Crippen molar-refractivity contribution in [3.05, 3.63) is 39.0 Å². The number of rotatable bonds is 3. The Hall–Kier alpha value is -1.72. The summed E-state index contributed by atoms with van der Waals surface area (Å²) in [5, 5.41) is 5.51. The molecule has 1 N–H and O–H groups in total. The Morgan fingerprint density at radius 3 is 2.62 bits per heavy atom. The molecule has 6 heteroatoms. The maximum absolute atomic E-state index is 12.0. The molecule has 0 bridgehead atoms. The highest BCUT2D eigenvalue weighted by molar-refractivity contribution is 7.10. The first kappa shape index (κ1) is 14.2. The number of thiophene rings is 1. The smallest absolute Gasteiger partial charge is 0.225 e. The van der Waals surface area contributed by atoms with Crippen LogP contribution in [-0.2, 0) is 4.79 Å². The molecule has 0 fully saturated rings. The summed E-state index contributed by atoms with van der Waals surface area (Å²) in [4.78, 5) is 13.0. The van der Waals surface area contributed by atoms with E-state index in [0.29, 0.717) is 22.9 Å². The van der Waals surface area contributed by atoms with Gasteiger partial charge in [-0.1, -0.05) is 11.6 Å². The van der Waals surface area contributed by atoms with Crippen molar-refractivity contribution in [2.24, 2.45) is 0 Å². The van der Waals surface area contributed by atoms with Gasteiger partial charge in [0.1, 0.15) is 0 Å². The van der Waals surface area contributed by atoms with Crippen LogP contribution in [0.3, 0.4) is 0 Å². The molecule has 2 heterocycles. The van der Waals surface area contributed by atoms with E-state index in [0.717, 1.165) is 16.1 Å². The molecule has 1 amide bonds. The van der Waals surface area contributed by atoms with E-state index in [1.165, 1.54) is 0 Å². The summed E-state index contributed by atoms with van der Waals surface area (Å²) in [6.45, 7) is 0. The number of ether oxygens (including phenoxy) is 2. The van der Waals surface area contributed by atoms with E-state index in [9.17, 15) is 4.79 Å². The number of amides is 1. The van der Waals surface area contributed by atoms with Gasteiger partial charge in [-0.2, -0.15) is 0 Å². The maximum atomic E-state index is 12.0. The number of hydrogen-bond acceptors (Lipinski definition) is 4. The molecule has 1 aromatic carbocycles. The van der Waals surface area contributed by atoms with Gasteiger partial charge in [0.15, 0.2) is 11.5 Å². The van der Waals surface area contributed by atoms with Crippen LogP contribution in [0.4, 0.5) is 5.69 Å². The van der Waals surface area contributed by atoms with Crippen molar-refractivity contribution >= 4 is 34.5 Å². The lowest BCUT2D eigenvalue weighted by atomic mass is 9.89. The summed E-state index contributed by atoms with van der Waals surface area (Å²) in [5.41, 5.74) is 1.75.